The van der Waals surface area contributed by atoms with E-state index in [4.69, 9.17) is 5.11 Å². The fourth-order valence-corrected chi connectivity index (χ4v) is 1.54. The van der Waals surface area contributed by atoms with Gasteiger partial charge in [0, 0.05) is 5.69 Å². The van der Waals surface area contributed by atoms with Crippen molar-refractivity contribution in [1.29, 1.82) is 0 Å². The Bertz CT molecular complexity index is 651. The predicted octanol–water partition coefficient (Wildman–Crippen LogP) is 1.81. The van der Waals surface area contributed by atoms with Gasteiger partial charge in [-0.25, -0.2) is 14.2 Å². The Hall–Kier alpha value is -2.70. The minimum absolute atomic E-state index is 0.254. The van der Waals surface area contributed by atoms with Gasteiger partial charge in [0.1, 0.15) is 5.82 Å². The number of nitrogens with one attached hydrogen (secondary N) is 2. The molecular weight excluding hydrogens is 253 g/mol. The molecule has 0 saturated heterocycles. The number of hydrogen-bond acceptors (Lipinski definition) is 3. The Labute approximate surface area is 107 Å². The van der Waals surface area contributed by atoms with Crippen molar-refractivity contribution in [1.82, 2.24) is 9.97 Å². The van der Waals surface area contributed by atoms with Gasteiger partial charge in [0.15, 0.2) is 11.4 Å². The van der Waals surface area contributed by atoms with E-state index in [1.54, 1.807) is 6.92 Å². The molecule has 0 aliphatic heterocycles. The third-order valence-corrected chi connectivity index (χ3v) is 2.52. The summed E-state index contributed by atoms with van der Waals surface area (Å²) in [6, 6.07) is 3.93. The zero-order valence-electron chi connectivity index (χ0n) is 9.90. The van der Waals surface area contributed by atoms with E-state index < -0.39 is 17.7 Å². The number of carbonyl (C=O) groups is 2. The van der Waals surface area contributed by atoms with Crippen LogP contribution >= 0.6 is 0 Å². The van der Waals surface area contributed by atoms with Crippen LogP contribution in [0, 0.1) is 12.7 Å². The number of aromatic nitrogens is 2. The van der Waals surface area contributed by atoms with Gasteiger partial charge in [-0.15, -0.1) is 0 Å². The number of anilines is 1. The Balaban J connectivity index is 2.28. The summed E-state index contributed by atoms with van der Waals surface area (Å²) < 4.78 is 13.1. The van der Waals surface area contributed by atoms with Crippen LogP contribution in [0.5, 0.6) is 0 Å². The van der Waals surface area contributed by atoms with Gasteiger partial charge in [0.25, 0.3) is 5.91 Å². The number of carbonyl (C=O) groups excluding carboxylic acids is 1. The first-order valence-corrected chi connectivity index (χ1v) is 5.33. The van der Waals surface area contributed by atoms with Gasteiger partial charge >= 0.3 is 5.97 Å². The Kier molecular flexibility index (Phi) is 3.28. The molecule has 98 valence electrons. The van der Waals surface area contributed by atoms with E-state index in [0.717, 1.165) is 12.4 Å². The number of aromatic carboxylic acids is 1. The highest BCUT2D eigenvalue weighted by Gasteiger charge is 2.20. The largest absolute Gasteiger partial charge is 0.477 e. The molecule has 1 amide bonds. The Morgan fingerprint density at radius 3 is 2.84 bits per heavy atom. The van der Waals surface area contributed by atoms with Crippen LogP contribution in [0.2, 0.25) is 0 Å². The molecule has 2 aromatic rings. The average molecular weight is 263 g/mol. The lowest BCUT2D eigenvalue weighted by atomic mass is 10.2. The highest BCUT2D eigenvalue weighted by molar-refractivity contribution is 6.08. The lowest BCUT2D eigenvalue weighted by Crippen LogP contribution is -2.17. The van der Waals surface area contributed by atoms with E-state index in [1.807, 2.05) is 0 Å². The van der Waals surface area contributed by atoms with Crippen molar-refractivity contribution >= 4 is 17.6 Å². The number of nitrogens with zero attached hydrogens (tertiary/aromatic N) is 1. The van der Waals surface area contributed by atoms with Crippen molar-refractivity contribution in [3.8, 4) is 0 Å². The van der Waals surface area contributed by atoms with Gasteiger partial charge in [-0.05, 0) is 24.6 Å². The molecule has 19 heavy (non-hydrogen) atoms. The molecule has 0 aliphatic rings. The molecule has 0 unspecified atom stereocenters. The highest BCUT2D eigenvalue weighted by Crippen LogP contribution is 2.17. The van der Waals surface area contributed by atoms with Crippen molar-refractivity contribution in [2.75, 3.05) is 5.32 Å². The summed E-state index contributed by atoms with van der Waals surface area (Å²) in [7, 11) is 0. The molecule has 0 atom stereocenters. The van der Waals surface area contributed by atoms with E-state index in [0.29, 0.717) is 5.56 Å². The molecule has 0 spiro atoms. The van der Waals surface area contributed by atoms with Crippen LogP contribution in [0.3, 0.4) is 0 Å². The molecule has 3 N–H and O–H groups in total. The highest BCUT2D eigenvalue weighted by atomic mass is 19.1. The average Bonchev–Trinajstić information content (AvgIpc) is 2.83. The molecule has 0 fully saturated rings. The normalized spacial score (nSPS) is 10.2. The second kappa shape index (κ2) is 4.89. The van der Waals surface area contributed by atoms with Crippen molar-refractivity contribution < 1.29 is 19.1 Å². The van der Waals surface area contributed by atoms with Crippen molar-refractivity contribution in [3.05, 3.63) is 47.3 Å². The number of benzene rings is 1. The predicted molar refractivity (Wildman–Crippen MR) is 64.6 cm³/mol. The molecule has 0 bridgehead atoms. The molecular formula is C12H10FN3O3. The van der Waals surface area contributed by atoms with Crippen LogP contribution in [0.1, 0.15) is 26.5 Å². The maximum atomic E-state index is 13.1. The Morgan fingerprint density at radius 1 is 1.42 bits per heavy atom. The molecule has 0 radical (unpaired) electrons. The number of aromatic amines is 1. The Morgan fingerprint density at radius 2 is 2.16 bits per heavy atom. The summed E-state index contributed by atoms with van der Waals surface area (Å²) in [4.78, 5) is 28.7. The number of amides is 1. The first-order valence-electron chi connectivity index (χ1n) is 5.33. The smallest absolute Gasteiger partial charge is 0.354 e. The molecule has 1 heterocycles. The van der Waals surface area contributed by atoms with E-state index in [2.05, 4.69) is 15.3 Å². The SMILES string of the molecule is Cc1ccc(F)cc1NC(=O)c1nc[nH]c1C(=O)O. The van der Waals surface area contributed by atoms with E-state index in [-0.39, 0.29) is 17.1 Å². The summed E-state index contributed by atoms with van der Waals surface area (Å²) in [6.07, 6.45) is 1.11. The lowest BCUT2D eigenvalue weighted by molar-refractivity contribution is 0.0686. The van der Waals surface area contributed by atoms with E-state index in [9.17, 15) is 14.0 Å². The minimum Gasteiger partial charge on any atom is -0.477 e. The monoisotopic (exact) mass is 263 g/mol. The number of carboxylic acids is 1. The quantitative estimate of drug-likeness (QED) is 0.787. The molecule has 6 nitrogen and oxygen atoms in total. The number of hydrogen-bond donors (Lipinski definition) is 3. The summed E-state index contributed by atoms with van der Waals surface area (Å²) in [5.74, 6) is -2.51. The number of aryl methyl sites for hydroxylation is 1. The molecule has 1 aromatic carbocycles. The van der Waals surface area contributed by atoms with Gasteiger partial charge in [-0.3, -0.25) is 4.79 Å². The van der Waals surface area contributed by atoms with Crippen LogP contribution in [0.4, 0.5) is 10.1 Å². The number of rotatable bonds is 3. The van der Waals surface area contributed by atoms with Crippen LogP contribution in [-0.2, 0) is 0 Å². The van der Waals surface area contributed by atoms with E-state index in [1.165, 1.54) is 12.1 Å². The first kappa shape index (κ1) is 12.7. The van der Waals surface area contributed by atoms with Crippen LogP contribution in [0.25, 0.3) is 0 Å². The second-order valence-corrected chi connectivity index (χ2v) is 3.84. The van der Waals surface area contributed by atoms with Gasteiger partial charge < -0.3 is 15.4 Å². The summed E-state index contributed by atoms with van der Waals surface area (Å²) in [6.45, 7) is 1.69. The van der Waals surface area contributed by atoms with Crippen molar-refractivity contribution in [2.24, 2.45) is 0 Å². The van der Waals surface area contributed by atoms with Gasteiger partial charge in [0.2, 0.25) is 0 Å². The maximum absolute atomic E-state index is 13.1. The topological polar surface area (TPSA) is 95.1 Å². The summed E-state index contributed by atoms with van der Waals surface area (Å²) in [5.41, 5.74) is 0.356. The maximum Gasteiger partial charge on any atom is 0.354 e. The third-order valence-electron chi connectivity index (χ3n) is 2.52. The van der Waals surface area contributed by atoms with Crippen LogP contribution in [-0.4, -0.2) is 27.0 Å². The van der Waals surface area contributed by atoms with Crippen LogP contribution < -0.4 is 5.32 Å². The van der Waals surface area contributed by atoms with Gasteiger partial charge in [-0.1, -0.05) is 6.07 Å². The van der Waals surface area contributed by atoms with Gasteiger partial charge in [0.05, 0.1) is 6.33 Å². The number of H-pyrrole nitrogens is 1. The second-order valence-electron chi connectivity index (χ2n) is 3.84. The summed E-state index contributed by atoms with van der Waals surface area (Å²) >= 11 is 0. The standard InChI is InChI=1S/C12H10FN3O3/c1-6-2-3-7(13)4-8(6)16-11(17)9-10(12(18)19)15-5-14-9/h2-5H,1H3,(H,14,15)(H,16,17)(H,18,19). The zero-order chi connectivity index (χ0) is 14.0. The molecule has 7 heteroatoms. The van der Waals surface area contributed by atoms with Crippen molar-refractivity contribution in [2.45, 2.75) is 6.92 Å². The third kappa shape index (κ3) is 2.59. The number of halogens is 1. The van der Waals surface area contributed by atoms with Crippen LogP contribution in [0.15, 0.2) is 24.5 Å². The fourth-order valence-electron chi connectivity index (χ4n) is 1.54. The number of imidazole rings is 1. The zero-order valence-corrected chi connectivity index (χ0v) is 9.90. The molecule has 0 saturated carbocycles. The first-order chi connectivity index (χ1) is 8.99. The van der Waals surface area contributed by atoms with Crippen molar-refractivity contribution in [3.63, 3.8) is 0 Å². The molecule has 2 rings (SSSR count). The minimum atomic E-state index is -1.29. The fraction of sp³-hybridized carbons (Fsp3) is 0.0833. The lowest BCUT2D eigenvalue weighted by Gasteiger charge is -2.07. The number of carboxylic acid groups (broad SMARTS) is 1. The molecule has 0 aliphatic carbocycles. The van der Waals surface area contributed by atoms with Gasteiger partial charge in [-0.2, -0.15) is 0 Å². The summed E-state index contributed by atoms with van der Waals surface area (Å²) in [5, 5.41) is 11.3. The van der Waals surface area contributed by atoms with E-state index >= 15 is 0 Å². The molecule has 1 aromatic heterocycles.